The van der Waals surface area contributed by atoms with E-state index in [-0.39, 0.29) is 36.0 Å². The van der Waals surface area contributed by atoms with Gasteiger partial charge in [-0.25, -0.2) is 24.3 Å². The summed E-state index contributed by atoms with van der Waals surface area (Å²) >= 11 is 1.66. The summed E-state index contributed by atoms with van der Waals surface area (Å²) < 4.78 is 27.7. The van der Waals surface area contributed by atoms with Crippen LogP contribution in [0.4, 0.5) is 0 Å². The fraction of sp³-hybridized carbons (Fsp3) is 0.368. The van der Waals surface area contributed by atoms with Crippen molar-refractivity contribution >= 4 is 38.3 Å². The normalized spacial score (nSPS) is 23.3. The van der Waals surface area contributed by atoms with Gasteiger partial charge in [-0.15, -0.1) is 11.3 Å². The SMILES string of the molecule is O=C(C1CC(c2cccs2)NN1)N1CCN(S(=O)(=O)c2c[nH]c3ncccc23)CC1. The summed E-state index contributed by atoms with van der Waals surface area (Å²) in [6.45, 7) is 1.30. The summed E-state index contributed by atoms with van der Waals surface area (Å²) in [7, 11) is -3.65. The lowest BCUT2D eigenvalue weighted by Gasteiger charge is -2.35. The molecule has 30 heavy (non-hydrogen) atoms. The van der Waals surface area contributed by atoms with Gasteiger partial charge in [-0.2, -0.15) is 4.31 Å². The van der Waals surface area contributed by atoms with Crippen molar-refractivity contribution in [3.63, 3.8) is 0 Å². The number of nitrogens with one attached hydrogen (secondary N) is 3. The molecule has 5 rings (SSSR count). The maximum atomic E-state index is 13.1. The number of amides is 1. The fourth-order valence-corrected chi connectivity index (χ4v) is 6.41. The molecular formula is C19H22N6O3S2. The average molecular weight is 447 g/mol. The Hall–Kier alpha value is -2.31. The molecule has 9 nitrogen and oxygen atoms in total. The highest BCUT2D eigenvalue weighted by atomic mass is 32.2. The largest absolute Gasteiger partial charge is 0.345 e. The molecule has 0 saturated carbocycles. The van der Waals surface area contributed by atoms with Crippen molar-refractivity contribution in [3.05, 3.63) is 46.9 Å². The molecule has 2 saturated heterocycles. The number of aromatic nitrogens is 2. The van der Waals surface area contributed by atoms with E-state index in [1.807, 2.05) is 11.4 Å². The van der Waals surface area contributed by atoms with Gasteiger partial charge in [-0.1, -0.05) is 6.07 Å². The molecule has 0 radical (unpaired) electrons. The Morgan fingerprint density at radius 2 is 1.97 bits per heavy atom. The standard InChI is InChI=1S/C19H22N6O3S2/c26-19(15-11-14(22-23-15)16-4-2-10-29-16)24-6-8-25(9-7-24)30(27,28)17-12-21-18-13(17)3-1-5-20-18/h1-5,10,12,14-15,22-23H,6-9,11H2,(H,20,21). The number of H-pyrrole nitrogens is 1. The Morgan fingerprint density at radius 1 is 1.13 bits per heavy atom. The smallest absolute Gasteiger partial charge is 0.245 e. The van der Waals surface area contributed by atoms with Crippen LogP contribution in [-0.2, 0) is 14.8 Å². The Labute approximate surface area is 178 Å². The topological polar surface area (TPSA) is 110 Å². The van der Waals surface area contributed by atoms with Gasteiger partial charge in [0.25, 0.3) is 0 Å². The number of carbonyl (C=O) groups is 1. The number of aromatic amines is 1. The van der Waals surface area contributed by atoms with E-state index in [4.69, 9.17) is 0 Å². The predicted octanol–water partition coefficient (Wildman–Crippen LogP) is 1.07. The molecule has 0 spiro atoms. The van der Waals surface area contributed by atoms with Crippen LogP contribution in [0.1, 0.15) is 17.3 Å². The van der Waals surface area contributed by atoms with Crippen LogP contribution in [0, 0.1) is 0 Å². The lowest BCUT2D eigenvalue weighted by atomic mass is 10.1. The molecule has 3 aromatic heterocycles. The molecule has 2 unspecified atom stereocenters. The van der Waals surface area contributed by atoms with E-state index in [9.17, 15) is 13.2 Å². The van der Waals surface area contributed by atoms with Gasteiger partial charge in [0.2, 0.25) is 15.9 Å². The number of carbonyl (C=O) groups excluding carboxylic acids is 1. The quantitative estimate of drug-likeness (QED) is 0.553. The van der Waals surface area contributed by atoms with E-state index in [0.717, 1.165) is 0 Å². The molecule has 0 bridgehead atoms. The van der Waals surface area contributed by atoms with E-state index >= 15 is 0 Å². The Bertz CT molecular complexity index is 1150. The van der Waals surface area contributed by atoms with Gasteiger partial charge < -0.3 is 9.88 Å². The number of hydrogen-bond acceptors (Lipinski definition) is 7. The maximum Gasteiger partial charge on any atom is 0.245 e. The summed E-state index contributed by atoms with van der Waals surface area (Å²) in [6, 6.07) is 7.34. The zero-order valence-corrected chi connectivity index (χ0v) is 17.7. The highest BCUT2D eigenvalue weighted by molar-refractivity contribution is 7.89. The number of thiophene rings is 1. The molecule has 3 aromatic rings. The molecule has 5 heterocycles. The molecule has 2 aliphatic heterocycles. The van der Waals surface area contributed by atoms with E-state index in [0.29, 0.717) is 30.5 Å². The van der Waals surface area contributed by atoms with Crippen molar-refractivity contribution in [1.82, 2.24) is 30.0 Å². The van der Waals surface area contributed by atoms with Crippen LogP contribution in [0.3, 0.4) is 0 Å². The van der Waals surface area contributed by atoms with Crippen LogP contribution in [0.15, 0.2) is 46.9 Å². The van der Waals surface area contributed by atoms with Crippen molar-refractivity contribution in [3.8, 4) is 0 Å². The van der Waals surface area contributed by atoms with Crippen LogP contribution >= 0.6 is 11.3 Å². The number of piperazine rings is 1. The van der Waals surface area contributed by atoms with Gasteiger partial charge in [0, 0.05) is 48.8 Å². The van der Waals surface area contributed by atoms with Crippen LogP contribution in [0.25, 0.3) is 11.0 Å². The minimum atomic E-state index is -3.65. The van der Waals surface area contributed by atoms with Crippen molar-refractivity contribution < 1.29 is 13.2 Å². The molecule has 3 N–H and O–H groups in total. The number of hydrogen-bond donors (Lipinski definition) is 3. The minimum absolute atomic E-state index is 0.00917. The number of rotatable bonds is 4. The summed E-state index contributed by atoms with van der Waals surface area (Å²) in [5.41, 5.74) is 6.84. The number of fused-ring (bicyclic) bond motifs is 1. The first-order chi connectivity index (χ1) is 14.5. The van der Waals surface area contributed by atoms with Crippen molar-refractivity contribution in [2.75, 3.05) is 26.2 Å². The summed E-state index contributed by atoms with van der Waals surface area (Å²) in [4.78, 5) is 23.2. The molecule has 2 fully saturated rings. The second kappa shape index (κ2) is 7.75. The molecule has 11 heteroatoms. The third-order valence-corrected chi connectivity index (χ3v) is 8.59. The summed E-state index contributed by atoms with van der Waals surface area (Å²) in [5.74, 6) is 0.00917. The first-order valence-electron chi connectivity index (χ1n) is 9.79. The van der Waals surface area contributed by atoms with E-state index < -0.39 is 10.0 Å². The summed E-state index contributed by atoms with van der Waals surface area (Å²) in [6.07, 6.45) is 3.79. The fourth-order valence-electron chi connectivity index (χ4n) is 4.05. The second-order valence-electron chi connectivity index (χ2n) is 7.43. The Morgan fingerprint density at radius 3 is 2.73 bits per heavy atom. The molecule has 2 atom stereocenters. The monoisotopic (exact) mass is 446 g/mol. The number of hydrazine groups is 1. The second-order valence-corrected chi connectivity index (χ2v) is 10.3. The highest BCUT2D eigenvalue weighted by Crippen LogP contribution is 2.28. The van der Waals surface area contributed by atoms with Crippen molar-refractivity contribution in [2.24, 2.45) is 0 Å². The molecule has 158 valence electrons. The van der Waals surface area contributed by atoms with Crippen LogP contribution in [0.5, 0.6) is 0 Å². The van der Waals surface area contributed by atoms with Crippen LogP contribution in [-0.4, -0.2) is 65.7 Å². The Kier molecular flexibility index (Phi) is 5.07. The van der Waals surface area contributed by atoms with Crippen molar-refractivity contribution in [2.45, 2.75) is 23.4 Å². The highest BCUT2D eigenvalue weighted by Gasteiger charge is 2.36. The van der Waals surface area contributed by atoms with E-state index in [2.05, 4.69) is 26.9 Å². The first-order valence-corrected chi connectivity index (χ1v) is 12.1. The third-order valence-electron chi connectivity index (χ3n) is 5.67. The first kappa shape index (κ1) is 19.6. The number of pyridine rings is 1. The van der Waals surface area contributed by atoms with Gasteiger partial charge in [0.05, 0.1) is 6.04 Å². The van der Waals surface area contributed by atoms with Gasteiger partial charge in [0.1, 0.15) is 16.6 Å². The van der Waals surface area contributed by atoms with Gasteiger partial charge in [0.15, 0.2) is 0 Å². The van der Waals surface area contributed by atoms with Crippen molar-refractivity contribution in [1.29, 1.82) is 0 Å². The summed E-state index contributed by atoms with van der Waals surface area (Å²) in [5, 5.41) is 2.60. The number of nitrogens with zero attached hydrogens (tertiary/aromatic N) is 3. The zero-order valence-electron chi connectivity index (χ0n) is 16.1. The molecule has 1 amide bonds. The lowest BCUT2D eigenvalue weighted by Crippen LogP contribution is -2.54. The van der Waals surface area contributed by atoms with Crippen LogP contribution in [0.2, 0.25) is 0 Å². The van der Waals surface area contributed by atoms with E-state index in [1.165, 1.54) is 15.4 Å². The number of sulfonamides is 1. The van der Waals surface area contributed by atoms with E-state index in [1.54, 1.807) is 34.6 Å². The lowest BCUT2D eigenvalue weighted by molar-refractivity contribution is -0.134. The molecule has 0 aromatic carbocycles. The van der Waals surface area contributed by atoms with Gasteiger partial charge in [-0.3, -0.25) is 4.79 Å². The molecule has 0 aliphatic carbocycles. The molecular weight excluding hydrogens is 424 g/mol. The minimum Gasteiger partial charge on any atom is -0.345 e. The van der Waals surface area contributed by atoms with Gasteiger partial charge >= 0.3 is 0 Å². The predicted molar refractivity (Wildman–Crippen MR) is 113 cm³/mol. The third kappa shape index (κ3) is 3.42. The van der Waals surface area contributed by atoms with Gasteiger partial charge in [-0.05, 0) is 30.0 Å². The zero-order chi connectivity index (χ0) is 20.7. The molecule has 2 aliphatic rings. The Balaban J connectivity index is 1.23. The maximum absolute atomic E-state index is 13.1. The average Bonchev–Trinajstić information content (AvgIpc) is 3.53. The van der Waals surface area contributed by atoms with Crippen LogP contribution < -0.4 is 10.9 Å².